The molecule has 7 heteroatoms. The number of non-ortho nitro benzene ring substituents is 1. The summed E-state index contributed by atoms with van der Waals surface area (Å²) in [5.74, 6) is -0.00425. The summed E-state index contributed by atoms with van der Waals surface area (Å²) in [6, 6.07) is 25.1. The summed E-state index contributed by atoms with van der Waals surface area (Å²) in [5.41, 5.74) is 1.82. The molecule has 0 radical (unpaired) electrons. The van der Waals surface area contributed by atoms with Crippen molar-refractivity contribution in [1.82, 2.24) is 5.32 Å². The number of hydrogen-bond donors (Lipinski definition) is 2. The van der Waals surface area contributed by atoms with Gasteiger partial charge in [-0.3, -0.25) is 10.1 Å². The van der Waals surface area contributed by atoms with Crippen molar-refractivity contribution in [2.24, 2.45) is 0 Å². The molecule has 0 fully saturated rings. The largest absolute Gasteiger partial charge is 0.508 e. The SMILES string of the molecule is O=C(NC(c1ccc([N+](=O)[O-])cc1)c1c(O)ccc2ccccc12)OCc1ccccc1. The van der Waals surface area contributed by atoms with E-state index >= 15 is 0 Å². The number of rotatable bonds is 6. The summed E-state index contributed by atoms with van der Waals surface area (Å²) in [6.07, 6.45) is -0.676. The highest BCUT2D eigenvalue weighted by molar-refractivity contribution is 5.89. The molecule has 1 unspecified atom stereocenters. The van der Waals surface area contributed by atoms with Crippen LogP contribution in [0, 0.1) is 10.1 Å². The van der Waals surface area contributed by atoms with E-state index in [2.05, 4.69) is 5.32 Å². The average Bonchev–Trinajstić information content (AvgIpc) is 2.82. The molecule has 32 heavy (non-hydrogen) atoms. The standard InChI is InChI=1S/C25H20N2O5/c28-22-15-12-18-8-4-5-9-21(18)23(22)24(19-10-13-20(14-11-19)27(30)31)26-25(29)32-16-17-6-2-1-3-7-17/h1-15,24,28H,16H2,(H,26,29). The van der Waals surface area contributed by atoms with E-state index < -0.39 is 17.1 Å². The van der Waals surface area contributed by atoms with Crippen molar-refractivity contribution < 1.29 is 19.6 Å². The van der Waals surface area contributed by atoms with Crippen LogP contribution in [-0.4, -0.2) is 16.1 Å². The molecule has 2 N–H and O–H groups in total. The number of nitrogens with one attached hydrogen (secondary N) is 1. The van der Waals surface area contributed by atoms with E-state index in [1.807, 2.05) is 54.6 Å². The number of alkyl carbamates (subject to hydrolysis) is 1. The third-order valence-corrected chi connectivity index (χ3v) is 5.15. The zero-order chi connectivity index (χ0) is 22.5. The van der Waals surface area contributed by atoms with Gasteiger partial charge in [0, 0.05) is 17.7 Å². The third-order valence-electron chi connectivity index (χ3n) is 5.15. The Hall–Kier alpha value is -4.39. The number of nitro groups is 1. The summed E-state index contributed by atoms with van der Waals surface area (Å²) in [6.45, 7) is 0.0845. The molecule has 4 aromatic carbocycles. The van der Waals surface area contributed by atoms with Crippen LogP contribution in [0.3, 0.4) is 0 Å². The zero-order valence-corrected chi connectivity index (χ0v) is 17.0. The summed E-state index contributed by atoms with van der Waals surface area (Å²) < 4.78 is 5.38. The lowest BCUT2D eigenvalue weighted by atomic mass is 9.92. The molecule has 0 aliphatic rings. The maximum atomic E-state index is 12.7. The molecule has 4 rings (SSSR count). The maximum absolute atomic E-state index is 12.7. The summed E-state index contributed by atoms with van der Waals surface area (Å²) in [5, 5.41) is 26.2. The van der Waals surface area contributed by atoms with Crippen LogP contribution in [0.5, 0.6) is 5.75 Å². The predicted molar refractivity (Wildman–Crippen MR) is 120 cm³/mol. The van der Waals surface area contributed by atoms with Gasteiger partial charge in [0.05, 0.1) is 11.0 Å². The number of aromatic hydroxyl groups is 1. The highest BCUT2D eigenvalue weighted by Gasteiger charge is 2.24. The van der Waals surface area contributed by atoms with Crippen molar-refractivity contribution >= 4 is 22.6 Å². The highest BCUT2D eigenvalue weighted by atomic mass is 16.6. The van der Waals surface area contributed by atoms with Gasteiger partial charge >= 0.3 is 6.09 Å². The fraction of sp³-hybridized carbons (Fsp3) is 0.0800. The summed E-state index contributed by atoms with van der Waals surface area (Å²) in [4.78, 5) is 23.2. The van der Waals surface area contributed by atoms with Crippen molar-refractivity contribution in [3.05, 3.63) is 118 Å². The Kier molecular flexibility index (Phi) is 5.98. The number of carbonyl (C=O) groups is 1. The van der Waals surface area contributed by atoms with E-state index in [4.69, 9.17) is 4.74 Å². The number of amides is 1. The summed E-state index contributed by atoms with van der Waals surface area (Å²) >= 11 is 0. The molecule has 0 bridgehead atoms. The van der Waals surface area contributed by atoms with Gasteiger partial charge in [0.15, 0.2) is 0 Å². The minimum atomic E-state index is -0.787. The number of phenolic OH excluding ortho intramolecular Hbond substituents is 1. The maximum Gasteiger partial charge on any atom is 0.408 e. The molecule has 0 saturated carbocycles. The minimum Gasteiger partial charge on any atom is -0.508 e. The second-order valence-corrected chi connectivity index (χ2v) is 7.21. The van der Waals surface area contributed by atoms with Crippen LogP contribution in [0.4, 0.5) is 10.5 Å². The molecular formula is C25H20N2O5. The van der Waals surface area contributed by atoms with E-state index in [9.17, 15) is 20.0 Å². The van der Waals surface area contributed by atoms with Gasteiger partial charge in [-0.05, 0) is 40.1 Å². The van der Waals surface area contributed by atoms with Gasteiger partial charge in [0.1, 0.15) is 12.4 Å². The quantitative estimate of drug-likeness (QED) is 0.313. The predicted octanol–water partition coefficient (Wildman–Crippen LogP) is 5.47. The number of benzene rings is 4. The zero-order valence-electron chi connectivity index (χ0n) is 17.0. The molecule has 0 saturated heterocycles. The Labute approximate surface area is 184 Å². The topological polar surface area (TPSA) is 102 Å². The number of ether oxygens (including phenoxy) is 1. The fourth-order valence-corrected chi connectivity index (χ4v) is 3.58. The lowest BCUT2D eigenvalue weighted by Gasteiger charge is -2.22. The molecule has 4 aromatic rings. The van der Waals surface area contributed by atoms with Gasteiger partial charge in [-0.2, -0.15) is 0 Å². The second-order valence-electron chi connectivity index (χ2n) is 7.21. The number of phenols is 1. The van der Waals surface area contributed by atoms with Crippen molar-refractivity contribution in [1.29, 1.82) is 0 Å². The number of hydrogen-bond acceptors (Lipinski definition) is 5. The van der Waals surface area contributed by atoms with Crippen molar-refractivity contribution in [2.75, 3.05) is 0 Å². The number of nitrogens with zero attached hydrogens (tertiary/aromatic N) is 1. The van der Waals surface area contributed by atoms with Gasteiger partial charge in [-0.25, -0.2) is 4.79 Å². The molecule has 1 amide bonds. The van der Waals surface area contributed by atoms with E-state index in [0.717, 1.165) is 16.3 Å². The molecule has 0 aromatic heterocycles. The van der Waals surface area contributed by atoms with Gasteiger partial charge < -0.3 is 15.2 Å². The normalized spacial score (nSPS) is 11.6. The number of carbonyl (C=O) groups excluding carboxylic acids is 1. The van der Waals surface area contributed by atoms with Crippen molar-refractivity contribution in [3.63, 3.8) is 0 Å². The molecule has 160 valence electrons. The molecule has 7 nitrogen and oxygen atoms in total. The van der Waals surface area contributed by atoms with E-state index in [1.165, 1.54) is 12.1 Å². The smallest absolute Gasteiger partial charge is 0.408 e. The lowest BCUT2D eigenvalue weighted by molar-refractivity contribution is -0.384. The lowest BCUT2D eigenvalue weighted by Crippen LogP contribution is -2.30. The number of fused-ring (bicyclic) bond motifs is 1. The van der Waals surface area contributed by atoms with E-state index in [-0.39, 0.29) is 18.0 Å². The van der Waals surface area contributed by atoms with Crippen LogP contribution in [0.1, 0.15) is 22.7 Å². The van der Waals surface area contributed by atoms with Crippen LogP contribution < -0.4 is 5.32 Å². The Morgan fingerprint density at radius 1 is 0.938 bits per heavy atom. The van der Waals surface area contributed by atoms with Crippen LogP contribution in [0.2, 0.25) is 0 Å². The third kappa shape index (κ3) is 4.52. The number of nitro benzene ring substituents is 1. The van der Waals surface area contributed by atoms with Gasteiger partial charge in [-0.15, -0.1) is 0 Å². The van der Waals surface area contributed by atoms with Gasteiger partial charge in [-0.1, -0.05) is 60.7 Å². The Balaban J connectivity index is 1.70. The van der Waals surface area contributed by atoms with E-state index in [0.29, 0.717) is 11.1 Å². The minimum absolute atomic E-state index is 0.00425. The molecule has 1 atom stereocenters. The Bertz CT molecular complexity index is 1260. The molecule has 0 aliphatic carbocycles. The first-order chi connectivity index (χ1) is 15.5. The molecule has 0 aliphatic heterocycles. The average molecular weight is 428 g/mol. The first-order valence-electron chi connectivity index (χ1n) is 9.95. The van der Waals surface area contributed by atoms with Crippen LogP contribution >= 0.6 is 0 Å². The first-order valence-corrected chi connectivity index (χ1v) is 9.95. The van der Waals surface area contributed by atoms with Crippen LogP contribution in [0.25, 0.3) is 10.8 Å². The second kappa shape index (κ2) is 9.18. The van der Waals surface area contributed by atoms with Crippen LogP contribution in [-0.2, 0) is 11.3 Å². The van der Waals surface area contributed by atoms with E-state index in [1.54, 1.807) is 24.3 Å². The van der Waals surface area contributed by atoms with Crippen molar-refractivity contribution in [3.8, 4) is 5.75 Å². The van der Waals surface area contributed by atoms with Gasteiger partial charge in [0.2, 0.25) is 0 Å². The first kappa shape index (κ1) is 20.9. The Morgan fingerprint density at radius 3 is 2.34 bits per heavy atom. The molecular weight excluding hydrogens is 408 g/mol. The monoisotopic (exact) mass is 428 g/mol. The van der Waals surface area contributed by atoms with Crippen molar-refractivity contribution in [2.45, 2.75) is 12.6 Å². The van der Waals surface area contributed by atoms with Crippen LogP contribution in [0.15, 0.2) is 91.0 Å². The summed E-state index contributed by atoms with van der Waals surface area (Å²) in [7, 11) is 0. The molecule has 0 heterocycles. The highest BCUT2D eigenvalue weighted by Crippen LogP contribution is 2.36. The van der Waals surface area contributed by atoms with Gasteiger partial charge in [0.25, 0.3) is 5.69 Å². The Morgan fingerprint density at radius 2 is 1.62 bits per heavy atom. The molecule has 0 spiro atoms. The fourth-order valence-electron chi connectivity index (χ4n) is 3.58.